The minimum absolute atomic E-state index is 0.334. The molecule has 0 amide bonds. The van der Waals surface area contributed by atoms with Gasteiger partial charge in [-0.05, 0) is 18.6 Å². The van der Waals surface area contributed by atoms with E-state index < -0.39 is 0 Å². The van der Waals surface area contributed by atoms with Gasteiger partial charge in [0.15, 0.2) is 0 Å². The van der Waals surface area contributed by atoms with Crippen molar-refractivity contribution in [2.45, 2.75) is 24.6 Å². The van der Waals surface area contributed by atoms with Gasteiger partial charge in [-0.1, -0.05) is 46.9 Å². The van der Waals surface area contributed by atoms with Crippen LogP contribution >= 0.6 is 27.5 Å². The Morgan fingerprint density at radius 2 is 2.33 bits per heavy atom. The van der Waals surface area contributed by atoms with Gasteiger partial charge in [0, 0.05) is 0 Å². The van der Waals surface area contributed by atoms with E-state index in [0.717, 1.165) is 18.5 Å². The first-order valence-electron chi connectivity index (χ1n) is 4.00. The van der Waals surface area contributed by atoms with Crippen LogP contribution in [-0.2, 0) is 0 Å². The number of alkyl halides is 1. The van der Waals surface area contributed by atoms with Gasteiger partial charge in [0.25, 0.3) is 0 Å². The first-order chi connectivity index (χ1) is 5.74. The fourth-order valence-corrected chi connectivity index (χ4v) is 1.88. The molecule has 0 aromatic carbocycles. The summed E-state index contributed by atoms with van der Waals surface area (Å²) < 4.78 is 0. The van der Waals surface area contributed by atoms with Gasteiger partial charge < -0.3 is 0 Å². The summed E-state index contributed by atoms with van der Waals surface area (Å²) >= 11 is 9.32. The molecule has 0 saturated carbocycles. The van der Waals surface area contributed by atoms with E-state index in [1.54, 1.807) is 6.07 Å². The third kappa shape index (κ3) is 2.76. The second kappa shape index (κ2) is 4.83. The highest BCUT2D eigenvalue weighted by Gasteiger charge is 2.06. The summed E-state index contributed by atoms with van der Waals surface area (Å²) in [7, 11) is 0. The molecule has 1 rings (SSSR count). The predicted molar refractivity (Wildman–Crippen MR) is 55.8 cm³/mol. The van der Waals surface area contributed by atoms with Crippen LogP contribution in [0.2, 0.25) is 5.15 Å². The molecule has 0 aliphatic carbocycles. The minimum atomic E-state index is 0.334. The number of rotatable bonds is 3. The molecule has 0 fully saturated rings. The van der Waals surface area contributed by atoms with Crippen LogP contribution in [0, 0.1) is 0 Å². The Bertz CT molecular complexity index is 252. The predicted octanol–water partition coefficient (Wildman–Crippen LogP) is 3.97. The quantitative estimate of drug-likeness (QED) is 0.583. The van der Waals surface area contributed by atoms with Gasteiger partial charge in [-0.15, -0.1) is 0 Å². The number of hydrogen-bond donors (Lipinski definition) is 0. The van der Waals surface area contributed by atoms with Crippen molar-refractivity contribution in [3.05, 3.63) is 29.0 Å². The molecule has 1 heterocycles. The molecule has 3 heteroatoms. The van der Waals surface area contributed by atoms with Crippen molar-refractivity contribution in [3.8, 4) is 0 Å². The monoisotopic (exact) mass is 247 g/mol. The Morgan fingerprint density at radius 1 is 1.58 bits per heavy atom. The van der Waals surface area contributed by atoms with Crippen molar-refractivity contribution in [2.24, 2.45) is 0 Å². The van der Waals surface area contributed by atoms with E-state index in [0.29, 0.717) is 9.98 Å². The van der Waals surface area contributed by atoms with Crippen LogP contribution in [0.3, 0.4) is 0 Å². The number of nitrogens with zero attached hydrogens (tertiary/aromatic N) is 1. The molecule has 12 heavy (non-hydrogen) atoms. The van der Waals surface area contributed by atoms with Gasteiger partial charge in [0.2, 0.25) is 0 Å². The van der Waals surface area contributed by atoms with Gasteiger partial charge in [0.1, 0.15) is 5.15 Å². The maximum atomic E-state index is 5.76. The third-order valence-electron chi connectivity index (χ3n) is 1.60. The minimum Gasteiger partial charge on any atom is -0.240 e. The fourth-order valence-electron chi connectivity index (χ4n) is 1.000. The van der Waals surface area contributed by atoms with Crippen LogP contribution in [0.25, 0.3) is 0 Å². The zero-order valence-corrected chi connectivity index (χ0v) is 9.27. The third-order valence-corrected chi connectivity index (χ3v) is 2.74. The van der Waals surface area contributed by atoms with Crippen LogP contribution in [0.5, 0.6) is 0 Å². The lowest BCUT2D eigenvalue weighted by atomic mass is 10.2. The molecular weight excluding hydrogens is 237 g/mol. The molecule has 1 aromatic heterocycles. The normalized spacial score (nSPS) is 12.9. The molecule has 1 nitrogen and oxygen atoms in total. The number of pyridine rings is 1. The Labute approximate surface area is 86.3 Å². The second-order valence-electron chi connectivity index (χ2n) is 2.64. The highest BCUT2D eigenvalue weighted by Crippen LogP contribution is 2.26. The highest BCUT2D eigenvalue weighted by molar-refractivity contribution is 9.09. The van der Waals surface area contributed by atoms with E-state index in [2.05, 4.69) is 27.8 Å². The molecule has 1 atom stereocenters. The SMILES string of the molecule is CCCC(Br)c1cccc(Cl)n1. The van der Waals surface area contributed by atoms with Crippen LogP contribution < -0.4 is 0 Å². The molecule has 0 aliphatic rings. The van der Waals surface area contributed by atoms with Gasteiger partial charge in [-0.2, -0.15) is 0 Å². The molecule has 1 unspecified atom stereocenters. The summed E-state index contributed by atoms with van der Waals surface area (Å²) in [6, 6.07) is 5.70. The smallest absolute Gasteiger partial charge is 0.129 e. The van der Waals surface area contributed by atoms with Crippen molar-refractivity contribution in [3.63, 3.8) is 0 Å². The molecule has 0 bridgehead atoms. The van der Waals surface area contributed by atoms with Crippen molar-refractivity contribution in [2.75, 3.05) is 0 Å². The lowest BCUT2D eigenvalue weighted by Gasteiger charge is -2.06. The van der Waals surface area contributed by atoms with E-state index in [4.69, 9.17) is 11.6 Å². The Kier molecular flexibility index (Phi) is 4.02. The summed E-state index contributed by atoms with van der Waals surface area (Å²) in [5.74, 6) is 0. The van der Waals surface area contributed by atoms with E-state index in [1.807, 2.05) is 12.1 Å². The van der Waals surface area contributed by atoms with Crippen LogP contribution in [0.4, 0.5) is 0 Å². The number of hydrogen-bond acceptors (Lipinski definition) is 1. The van der Waals surface area contributed by atoms with Crippen molar-refractivity contribution in [1.82, 2.24) is 4.98 Å². The number of halogens is 2. The maximum Gasteiger partial charge on any atom is 0.129 e. The topological polar surface area (TPSA) is 12.9 Å². The van der Waals surface area contributed by atoms with Crippen LogP contribution in [-0.4, -0.2) is 4.98 Å². The van der Waals surface area contributed by atoms with E-state index in [9.17, 15) is 0 Å². The summed E-state index contributed by atoms with van der Waals surface area (Å²) in [4.78, 5) is 4.54. The summed E-state index contributed by atoms with van der Waals surface area (Å²) in [6.07, 6.45) is 2.23. The molecule has 66 valence electrons. The average Bonchev–Trinajstić information content (AvgIpc) is 2.05. The lowest BCUT2D eigenvalue weighted by Crippen LogP contribution is -1.92. The molecular formula is C9H11BrClN. The van der Waals surface area contributed by atoms with Crippen molar-refractivity contribution >= 4 is 27.5 Å². The van der Waals surface area contributed by atoms with Crippen molar-refractivity contribution in [1.29, 1.82) is 0 Å². The highest BCUT2D eigenvalue weighted by atomic mass is 79.9. The first kappa shape index (κ1) is 10.0. The van der Waals surface area contributed by atoms with Crippen LogP contribution in [0.15, 0.2) is 18.2 Å². The number of aromatic nitrogens is 1. The lowest BCUT2D eigenvalue weighted by molar-refractivity contribution is 0.770. The van der Waals surface area contributed by atoms with E-state index in [-0.39, 0.29) is 0 Å². The summed E-state index contributed by atoms with van der Waals surface area (Å²) in [5, 5.41) is 0.563. The van der Waals surface area contributed by atoms with Gasteiger partial charge in [-0.3, -0.25) is 0 Å². The zero-order valence-electron chi connectivity index (χ0n) is 6.93. The molecule has 0 N–H and O–H groups in total. The average molecular weight is 249 g/mol. The Balaban J connectivity index is 2.73. The molecule has 1 aromatic rings. The van der Waals surface area contributed by atoms with E-state index >= 15 is 0 Å². The fraction of sp³-hybridized carbons (Fsp3) is 0.444. The zero-order chi connectivity index (χ0) is 8.97. The van der Waals surface area contributed by atoms with E-state index in [1.165, 1.54) is 0 Å². The van der Waals surface area contributed by atoms with Crippen molar-refractivity contribution < 1.29 is 0 Å². The maximum absolute atomic E-state index is 5.76. The molecule has 0 saturated heterocycles. The molecule has 0 spiro atoms. The molecule has 0 radical (unpaired) electrons. The van der Waals surface area contributed by atoms with Gasteiger partial charge >= 0.3 is 0 Å². The second-order valence-corrected chi connectivity index (χ2v) is 4.13. The Morgan fingerprint density at radius 3 is 2.92 bits per heavy atom. The first-order valence-corrected chi connectivity index (χ1v) is 5.30. The summed E-state index contributed by atoms with van der Waals surface area (Å²) in [5.41, 5.74) is 1.02. The largest absolute Gasteiger partial charge is 0.240 e. The Hall–Kier alpha value is -0.0800. The van der Waals surface area contributed by atoms with Gasteiger partial charge in [0.05, 0.1) is 10.5 Å². The summed E-state index contributed by atoms with van der Waals surface area (Å²) in [6.45, 7) is 2.15. The molecule has 0 aliphatic heterocycles. The van der Waals surface area contributed by atoms with Crippen LogP contribution in [0.1, 0.15) is 30.3 Å². The van der Waals surface area contributed by atoms with Gasteiger partial charge in [-0.25, -0.2) is 4.98 Å². The standard InChI is InChI=1S/C9H11BrClN/c1-2-4-7(10)8-5-3-6-9(11)12-8/h3,5-7H,2,4H2,1H3.